The van der Waals surface area contributed by atoms with E-state index in [1.54, 1.807) is 0 Å². The molecule has 0 aromatic carbocycles. The molecule has 1 heterocycles. The highest BCUT2D eigenvalue weighted by Crippen LogP contribution is 2.43. The Kier molecular flexibility index (Phi) is 3.39. The molecule has 0 bridgehead atoms. The largest absolute Gasteiger partial charge is 0.393 e. The third-order valence-electron chi connectivity index (χ3n) is 4.47. The molecule has 1 aliphatic heterocycles. The van der Waals surface area contributed by atoms with Crippen molar-refractivity contribution < 1.29 is 10.3 Å². The van der Waals surface area contributed by atoms with Gasteiger partial charge in [-0.15, -0.1) is 0 Å². The monoisotopic (exact) mass is 214 g/mol. The minimum Gasteiger partial charge on any atom is -0.393 e. The van der Waals surface area contributed by atoms with Gasteiger partial charge in [0.15, 0.2) is 0 Å². The number of hydroxylamine groups is 2. The highest BCUT2D eigenvalue weighted by molar-refractivity contribution is 5.03. The Morgan fingerprint density at radius 2 is 2.00 bits per heavy atom. The van der Waals surface area contributed by atoms with Gasteiger partial charge in [0.05, 0.1) is 18.6 Å². The fraction of sp³-hybridized carbons (Fsp3) is 0.917. The molecule has 0 radical (unpaired) electrons. The molecule has 1 fully saturated rings. The average Bonchev–Trinajstić information content (AvgIpc) is 2.23. The van der Waals surface area contributed by atoms with Crippen LogP contribution in [0.2, 0.25) is 0 Å². The molecule has 4 unspecified atom stereocenters. The molecule has 0 aliphatic carbocycles. The van der Waals surface area contributed by atoms with Gasteiger partial charge in [0.25, 0.3) is 0 Å². The van der Waals surface area contributed by atoms with Crippen molar-refractivity contribution >= 4 is 0 Å². The lowest BCUT2D eigenvalue weighted by molar-refractivity contribution is -0.285. The lowest BCUT2D eigenvalue weighted by atomic mass is 9.69. The molecule has 1 saturated heterocycles. The normalized spacial score (nSPS) is 48.1. The van der Waals surface area contributed by atoms with Gasteiger partial charge in [-0.1, -0.05) is 13.8 Å². The number of aliphatic hydroxyl groups excluding tert-OH is 1. The van der Waals surface area contributed by atoms with Crippen molar-refractivity contribution in [1.82, 2.24) is 5.06 Å². The van der Waals surface area contributed by atoms with E-state index in [1.807, 2.05) is 27.7 Å². The van der Waals surface area contributed by atoms with Gasteiger partial charge in [-0.25, -0.2) is 0 Å². The average molecular weight is 214 g/mol. The molecule has 0 spiro atoms. The Balaban J connectivity index is 3.05. The summed E-state index contributed by atoms with van der Waals surface area (Å²) in [4.78, 5) is 0. The molecular formula is C12H24NO2+. The second-order valence-corrected chi connectivity index (χ2v) is 5.33. The van der Waals surface area contributed by atoms with Gasteiger partial charge in [0.2, 0.25) is 0 Å². The highest BCUT2D eigenvalue weighted by atomic mass is 16.5. The van der Waals surface area contributed by atoms with E-state index in [0.29, 0.717) is 12.8 Å². The predicted molar refractivity (Wildman–Crippen MR) is 60.5 cm³/mol. The number of piperidine rings is 1. The van der Waals surface area contributed by atoms with Crippen LogP contribution in [-0.4, -0.2) is 32.6 Å². The van der Waals surface area contributed by atoms with E-state index in [9.17, 15) is 10.3 Å². The maximum Gasteiger partial charge on any atom is 0.106 e. The van der Waals surface area contributed by atoms with Crippen LogP contribution in [-0.2, 0) is 0 Å². The Labute approximate surface area is 93.1 Å². The molecule has 2 N–H and O–H groups in total. The van der Waals surface area contributed by atoms with Crippen molar-refractivity contribution in [2.45, 2.75) is 64.1 Å². The summed E-state index contributed by atoms with van der Waals surface area (Å²) < 4.78 is 0. The van der Waals surface area contributed by atoms with Gasteiger partial charge in [-0.05, 0) is 26.7 Å². The maximum absolute atomic E-state index is 10.3. The zero-order valence-corrected chi connectivity index (χ0v) is 10.3. The van der Waals surface area contributed by atoms with E-state index in [2.05, 4.69) is 6.92 Å². The van der Waals surface area contributed by atoms with Gasteiger partial charge in [-0.3, -0.25) is 0 Å². The summed E-state index contributed by atoms with van der Waals surface area (Å²) in [5.41, 5.74) is -0.763. The summed E-state index contributed by atoms with van der Waals surface area (Å²) in [6.45, 7) is 11.9. The van der Waals surface area contributed by atoms with Crippen LogP contribution in [0.3, 0.4) is 0 Å². The Morgan fingerprint density at radius 3 is 2.40 bits per heavy atom. The van der Waals surface area contributed by atoms with Crippen LogP contribution in [0, 0.1) is 12.8 Å². The van der Waals surface area contributed by atoms with Crippen LogP contribution in [0.25, 0.3) is 0 Å². The van der Waals surface area contributed by atoms with E-state index in [0.717, 1.165) is 6.42 Å². The molecule has 3 nitrogen and oxygen atoms in total. The summed E-state index contributed by atoms with van der Waals surface area (Å²) in [7, 11) is 0. The molecule has 88 valence electrons. The number of nitrogens with zero attached hydrogens (tertiary/aromatic N) is 1. The molecule has 1 rings (SSSR count). The smallest absolute Gasteiger partial charge is 0.106 e. The zero-order chi connectivity index (χ0) is 11.9. The summed E-state index contributed by atoms with van der Waals surface area (Å²) in [6.07, 6.45) is 1.68. The van der Waals surface area contributed by atoms with Crippen LogP contribution >= 0.6 is 0 Å². The fourth-order valence-electron chi connectivity index (χ4n) is 2.57. The van der Waals surface area contributed by atoms with Gasteiger partial charge in [-0.2, -0.15) is 5.06 Å². The Morgan fingerprint density at radius 1 is 1.47 bits per heavy atom. The second-order valence-electron chi connectivity index (χ2n) is 5.33. The lowest BCUT2D eigenvalue weighted by Crippen LogP contribution is -2.66. The number of hydrogen-bond donors (Lipinski definition) is 2. The minimum atomic E-state index is -0.428. The minimum absolute atomic E-state index is 0.0413. The zero-order valence-electron chi connectivity index (χ0n) is 10.3. The van der Waals surface area contributed by atoms with Crippen molar-refractivity contribution in [3.8, 4) is 0 Å². The van der Waals surface area contributed by atoms with Crippen molar-refractivity contribution in [2.75, 3.05) is 0 Å². The molecular weight excluding hydrogens is 190 g/mol. The summed E-state index contributed by atoms with van der Waals surface area (Å²) in [6, 6.07) is 0. The number of aliphatic hydroxyl groups is 1. The van der Waals surface area contributed by atoms with Gasteiger partial charge >= 0.3 is 0 Å². The molecule has 0 aromatic rings. The number of rotatable bonds is 2. The summed E-state index contributed by atoms with van der Waals surface area (Å²) in [5, 5.41) is 21.8. The van der Waals surface area contributed by atoms with E-state index >= 15 is 0 Å². The highest BCUT2D eigenvalue weighted by Gasteiger charge is 2.53. The van der Waals surface area contributed by atoms with E-state index in [1.165, 1.54) is 5.06 Å². The molecule has 3 heteroatoms. The van der Waals surface area contributed by atoms with Crippen LogP contribution < -0.4 is 0 Å². The summed E-state index contributed by atoms with van der Waals surface area (Å²) >= 11 is 0. The first-order valence-corrected chi connectivity index (χ1v) is 5.78. The van der Waals surface area contributed by atoms with Gasteiger partial charge in [0.1, 0.15) is 6.42 Å². The first-order valence-electron chi connectivity index (χ1n) is 5.78. The van der Waals surface area contributed by atoms with Crippen LogP contribution in [0.5, 0.6) is 0 Å². The molecule has 0 amide bonds. The summed E-state index contributed by atoms with van der Waals surface area (Å²) in [5.74, 6) is 0.0413. The van der Waals surface area contributed by atoms with Gasteiger partial charge in [0, 0.05) is 11.5 Å². The quantitative estimate of drug-likeness (QED) is 0.693. The first kappa shape index (κ1) is 12.8. The third-order valence-corrected chi connectivity index (χ3v) is 4.47. The van der Waals surface area contributed by atoms with Crippen LogP contribution in [0.15, 0.2) is 0 Å². The van der Waals surface area contributed by atoms with Crippen molar-refractivity contribution in [3.05, 3.63) is 6.92 Å². The molecule has 4 atom stereocenters. The van der Waals surface area contributed by atoms with Gasteiger partial charge < -0.3 is 10.3 Å². The molecule has 0 saturated carbocycles. The first-order chi connectivity index (χ1) is 6.81. The third kappa shape index (κ3) is 1.77. The SMILES string of the molecule is [CH2+]CC1(C)C(C)C(O)CC(C)(CC)N1O. The van der Waals surface area contributed by atoms with E-state index < -0.39 is 5.54 Å². The van der Waals surface area contributed by atoms with Crippen LogP contribution in [0.1, 0.15) is 47.0 Å². The maximum atomic E-state index is 10.3. The Hall–Kier alpha value is -0.250. The van der Waals surface area contributed by atoms with E-state index in [4.69, 9.17) is 0 Å². The Bertz CT molecular complexity index is 234. The predicted octanol–water partition coefficient (Wildman–Crippen LogP) is 2.23. The standard InChI is InChI=1S/C12H24NO2/c1-6-11(4)8-10(14)9(3)12(5,7-2)13(11)15/h9-10,14-15H,2,6-8H2,1,3-5H3/q+1. The van der Waals surface area contributed by atoms with Crippen molar-refractivity contribution in [2.24, 2.45) is 5.92 Å². The van der Waals surface area contributed by atoms with Crippen molar-refractivity contribution in [3.63, 3.8) is 0 Å². The van der Waals surface area contributed by atoms with Crippen LogP contribution in [0.4, 0.5) is 0 Å². The molecule has 15 heavy (non-hydrogen) atoms. The second kappa shape index (κ2) is 3.96. The fourth-order valence-corrected chi connectivity index (χ4v) is 2.57. The topological polar surface area (TPSA) is 43.7 Å². The number of hydrogen-bond acceptors (Lipinski definition) is 3. The van der Waals surface area contributed by atoms with Crippen molar-refractivity contribution in [1.29, 1.82) is 0 Å². The van der Waals surface area contributed by atoms with E-state index in [-0.39, 0.29) is 17.6 Å². The molecule has 1 aliphatic rings. The lowest BCUT2D eigenvalue weighted by Gasteiger charge is -2.54. The molecule has 0 aromatic heterocycles.